The Bertz CT molecular complexity index is 409. The van der Waals surface area contributed by atoms with Gasteiger partial charge in [0.2, 0.25) is 0 Å². The van der Waals surface area contributed by atoms with E-state index in [2.05, 4.69) is 17.1 Å². The van der Waals surface area contributed by atoms with Gasteiger partial charge in [-0.15, -0.1) is 0 Å². The summed E-state index contributed by atoms with van der Waals surface area (Å²) in [7, 11) is 0. The second kappa shape index (κ2) is 6.85. The zero-order valence-corrected chi connectivity index (χ0v) is 11.5. The molecule has 1 unspecified atom stereocenters. The largest absolute Gasteiger partial charge is 0.380 e. The lowest BCUT2D eigenvalue weighted by atomic mass is 10.1. The summed E-state index contributed by atoms with van der Waals surface area (Å²) in [6.07, 6.45) is 4.35. The van der Waals surface area contributed by atoms with Gasteiger partial charge in [0.05, 0.1) is 5.69 Å². The maximum absolute atomic E-state index is 13.6. The molecule has 1 aromatic rings. The summed E-state index contributed by atoms with van der Waals surface area (Å²) in [5.41, 5.74) is 0.412. The molecule has 1 aliphatic rings. The van der Waals surface area contributed by atoms with Crippen LogP contribution in [0.1, 0.15) is 32.6 Å². The molecule has 19 heavy (non-hydrogen) atoms. The smallest absolute Gasteiger partial charge is 0.149 e. The summed E-state index contributed by atoms with van der Waals surface area (Å²) in [4.78, 5) is 2.46. The third-order valence-corrected chi connectivity index (χ3v) is 3.65. The lowest BCUT2D eigenvalue weighted by molar-refractivity contribution is 0.285. The molecule has 0 aromatic heterocycles. The molecule has 0 saturated carbocycles. The highest BCUT2D eigenvalue weighted by Gasteiger charge is 2.17. The Hall–Kier alpha value is -1.16. The Balaban J connectivity index is 1.92. The van der Waals surface area contributed by atoms with Gasteiger partial charge in [0.25, 0.3) is 0 Å². The fraction of sp³-hybridized carbons (Fsp3) is 0.600. The molecule has 0 aliphatic carbocycles. The van der Waals surface area contributed by atoms with E-state index >= 15 is 0 Å². The number of likely N-dealkylation sites (tertiary alicyclic amines) is 1. The molecule has 1 aromatic carbocycles. The molecule has 1 saturated heterocycles. The van der Waals surface area contributed by atoms with Crippen LogP contribution in [-0.4, -0.2) is 30.6 Å². The molecule has 2 rings (SSSR count). The van der Waals surface area contributed by atoms with Gasteiger partial charge in [-0.3, -0.25) is 0 Å². The fourth-order valence-electron chi connectivity index (χ4n) is 2.67. The number of nitrogens with zero attached hydrogens (tertiary/aromatic N) is 1. The summed E-state index contributed by atoms with van der Waals surface area (Å²) in [6.45, 7) is 5.50. The van der Waals surface area contributed by atoms with E-state index in [-0.39, 0.29) is 6.04 Å². The van der Waals surface area contributed by atoms with Crippen molar-refractivity contribution < 1.29 is 8.78 Å². The minimum atomic E-state index is -0.530. The van der Waals surface area contributed by atoms with Crippen molar-refractivity contribution in [1.82, 2.24) is 4.90 Å². The van der Waals surface area contributed by atoms with Crippen molar-refractivity contribution in [1.29, 1.82) is 0 Å². The Morgan fingerprint density at radius 2 is 2.11 bits per heavy atom. The molecule has 0 bridgehead atoms. The lowest BCUT2D eigenvalue weighted by Gasteiger charge is -2.20. The number of hydrogen-bond donors (Lipinski definition) is 1. The number of benzene rings is 1. The molecule has 0 radical (unpaired) electrons. The van der Waals surface area contributed by atoms with Crippen LogP contribution in [0.5, 0.6) is 0 Å². The van der Waals surface area contributed by atoms with Crippen LogP contribution in [0.4, 0.5) is 14.5 Å². The van der Waals surface area contributed by atoms with E-state index in [0.717, 1.165) is 45.0 Å². The minimum Gasteiger partial charge on any atom is -0.380 e. The number of anilines is 1. The first kappa shape index (κ1) is 14.3. The van der Waals surface area contributed by atoms with Crippen molar-refractivity contribution in [3.63, 3.8) is 0 Å². The highest BCUT2D eigenvalue weighted by atomic mass is 19.1. The number of rotatable bonds is 4. The van der Waals surface area contributed by atoms with E-state index in [9.17, 15) is 8.78 Å². The minimum absolute atomic E-state index is 0.279. The average Bonchev–Trinajstić information content (AvgIpc) is 2.59. The van der Waals surface area contributed by atoms with E-state index in [1.165, 1.54) is 18.6 Å². The third-order valence-electron chi connectivity index (χ3n) is 3.65. The molecule has 1 heterocycles. The van der Waals surface area contributed by atoms with Crippen molar-refractivity contribution in [2.45, 2.75) is 38.6 Å². The van der Waals surface area contributed by atoms with E-state index in [1.54, 1.807) is 0 Å². The summed E-state index contributed by atoms with van der Waals surface area (Å²) in [5, 5.41) is 3.21. The number of nitrogens with one attached hydrogen (secondary N) is 1. The molecular formula is C15H22F2N2. The van der Waals surface area contributed by atoms with E-state index in [0.29, 0.717) is 5.69 Å². The predicted octanol–water partition coefficient (Wildman–Crippen LogP) is 3.64. The quantitative estimate of drug-likeness (QED) is 0.897. The SMILES string of the molecule is CCCN1CCCC(Nc2ccc(F)cc2F)CC1. The molecule has 1 fully saturated rings. The van der Waals surface area contributed by atoms with Gasteiger partial charge >= 0.3 is 0 Å². The Morgan fingerprint density at radius 1 is 1.26 bits per heavy atom. The van der Waals surface area contributed by atoms with Gasteiger partial charge < -0.3 is 10.2 Å². The maximum Gasteiger partial charge on any atom is 0.149 e. The lowest BCUT2D eigenvalue weighted by Crippen LogP contribution is -2.27. The van der Waals surface area contributed by atoms with Crippen molar-refractivity contribution in [2.75, 3.05) is 25.0 Å². The van der Waals surface area contributed by atoms with Crippen LogP contribution in [0.3, 0.4) is 0 Å². The highest BCUT2D eigenvalue weighted by molar-refractivity contribution is 5.45. The van der Waals surface area contributed by atoms with Gasteiger partial charge in [-0.05, 0) is 50.9 Å². The normalized spacial score (nSPS) is 21.1. The molecule has 106 valence electrons. The second-order valence-corrected chi connectivity index (χ2v) is 5.24. The highest BCUT2D eigenvalue weighted by Crippen LogP contribution is 2.20. The van der Waals surface area contributed by atoms with Gasteiger partial charge in [0, 0.05) is 18.7 Å². The van der Waals surface area contributed by atoms with Crippen LogP contribution in [0, 0.1) is 11.6 Å². The summed E-state index contributed by atoms with van der Waals surface area (Å²) in [6, 6.07) is 4.00. The van der Waals surface area contributed by atoms with Crippen molar-refractivity contribution in [2.24, 2.45) is 0 Å². The van der Waals surface area contributed by atoms with Gasteiger partial charge in [0.1, 0.15) is 11.6 Å². The van der Waals surface area contributed by atoms with Crippen molar-refractivity contribution >= 4 is 5.69 Å². The Labute approximate surface area is 113 Å². The molecule has 0 spiro atoms. The van der Waals surface area contributed by atoms with Crippen LogP contribution in [0.2, 0.25) is 0 Å². The fourth-order valence-corrected chi connectivity index (χ4v) is 2.67. The topological polar surface area (TPSA) is 15.3 Å². The van der Waals surface area contributed by atoms with Crippen LogP contribution in [0.25, 0.3) is 0 Å². The first-order valence-electron chi connectivity index (χ1n) is 7.13. The van der Waals surface area contributed by atoms with Crippen LogP contribution in [-0.2, 0) is 0 Å². The first-order chi connectivity index (χ1) is 9.19. The summed E-state index contributed by atoms with van der Waals surface area (Å²) >= 11 is 0. The van der Waals surface area contributed by atoms with Crippen LogP contribution < -0.4 is 5.32 Å². The zero-order valence-electron chi connectivity index (χ0n) is 11.5. The standard InChI is InChI=1S/C15H22F2N2/c1-2-8-19-9-3-4-13(7-10-19)18-15-6-5-12(16)11-14(15)17/h5-6,11,13,18H,2-4,7-10H2,1H3. The van der Waals surface area contributed by atoms with Crippen molar-refractivity contribution in [3.05, 3.63) is 29.8 Å². The number of halogens is 2. The molecule has 4 heteroatoms. The number of hydrogen-bond acceptors (Lipinski definition) is 2. The predicted molar refractivity (Wildman–Crippen MR) is 74.4 cm³/mol. The zero-order chi connectivity index (χ0) is 13.7. The monoisotopic (exact) mass is 268 g/mol. The summed E-state index contributed by atoms with van der Waals surface area (Å²) < 4.78 is 26.4. The first-order valence-corrected chi connectivity index (χ1v) is 7.13. The maximum atomic E-state index is 13.6. The van der Waals surface area contributed by atoms with E-state index < -0.39 is 11.6 Å². The molecule has 0 amide bonds. The third kappa shape index (κ3) is 4.16. The molecule has 1 N–H and O–H groups in total. The molecular weight excluding hydrogens is 246 g/mol. The Kier molecular flexibility index (Phi) is 5.14. The van der Waals surface area contributed by atoms with E-state index in [4.69, 9.17) is 0 Å². The van der Waals surface area contributed by atoms with Crippen LogP contribution in [0.15, 0.2) is 18.2 Å². The van der Waals surface area contributed by atoms with Gasteiger partial charge in [-0.2, -0.15) is 0 Å². The average molecular weight is 268 g/mol. The van der Waals surface area contributed by atoms with Gasteiger partial charge in [-0.1, -0.05) is 6.92 Å². The van der Waals surface area contributed by atoms with Crippen LogP contribution >= 0.6 is 0 Å². The molecule has 1 atom stereocenters. The second-order valence-electron chi connectivity index (χ2n) is 5.24. The van der Waals surface area contributed by atoms with Crippen molar-refractivity contribution in [3.8, 4) is 0 Å². The van der Waals surface area contributed by atoms with Gasteiger partial charge in [-0.25, -0.2) is 8.78 Å². The van der Waals surface area contributed by atoms with E-state index in [1.807, 2.05) is 0 Å². The molecule has 2 nitrogen and oxygen atoms in total. The van der Waals surface area contributed by atoms with Gasteiger partial charge in [0.15, 0.2) is 0 Å². The summed E-state index contributed by atoms with van der Waals surface area (Å²) in [5.74, 6) is -1.03. The Morgan fingerprint density at radius 3 is 2.84 bits per heavy atom. The molecule has 1 aliphatic heterocycles.